The maximum absolute atomic E-state index is 9.27. The van der Waals surface area contributed by atoms with Gasteiger partial charge in [0, 0.05) is 0 Å². The first-order valence-corrected chi connectivity index (χ1v) is 56.3. The molecule has 4 aromatic rings. The Morgan fingerprint density at radius 3 is 1.05 bits per heavy atom. The predicted molar refractivity (Wildman–Crippen MR) is 315 cm³/mol. The molecule has 2 aliphatic rings. The number of fused-ring (bicyclic) bond motifs is 2. The van der Waals surface area contributed by atoms with Crippen LogP contribution in [0, 0.1) is 11.8 Å². The predicted octanol–water partition coefficient (Wildman–Crippen LogP) is 16.8. The Hall–Kier alpha value is -1.09. The summed E-state index contributed by atoms with van der Waals surface area (Å²) in [4.78, 5) is 0. The Morgan fingerprint density at radius 1 is 0.500 bits per heavy atom. The number of allylic oxidation sites excluding steroid dienone is 2. The second-order valence-electron chi connectivity index (χ2n) is 26.2. The van der Waals surface area contributed by atoms with Crippen molar-refractivity contribution in [2.24, 2.45) is 11.8 Å². The molecule has 0 nitrogen and oxygen atoms in total. The molecule has 0 bridgehead atoms. The van der Waals surface area contributed by atoms with Gasteiger partial charge in [-0.15, -0.1) is 0 Å². The van der Waals surface area contributed by atoms with Gasteiger partial charge in [-0.05, 0) is 0 Å². The van der Waals surface area contributed by atoms with Gasteiger partial charge in [-0.3, -0.25) is 0 Å². The van der Waals surface area contributed by atoms with E-state index in [9.17, 15) is 17.0 Å². The summed E-state index contributed by atoms with van der Waals surface area (Å²) >= 11 is -5.14. The third kappa shape index (κ3) is 10.6. The molecule has 0 saturated heterocycles. The van der Waals surface area contributed by atoms with E-state index < -0.39 is 53.8 Å². The molecule has 2 unspecified atom stereocenters. The molecule has 6 rings (SSSR count). The van der Waals surface area contributed by atoms with Gasteiger partial charge < -0.3 is 0 Å². The number of hydrogen-bond acceptors (Lipinski definition) is 0. The van der Waals surface area contributed by atoms with Gasteiger partial charge in [0.15, 0.2) is 0 Å². The van der Waals surface area contributed by atoms with E-state index >= 15 is 0 Å². The van der Waals surface area contributed by atoms with Gasteiger partial charge in [-0.25, -0.2) is 0 Å². The van der Waals surface area contributed by atoms with Gasteiger partial charge in [-0.2, -0.15) is 0 Å². The van der Waals surface area contributed by atoms with Crippen LogP contribution in [0.4, 0.5) is 0 Å². The zero-order chi connectivity index (χ0) is 49.3. The van der Waals surface area contributed by atoms with Crippen molar-refractivity contribution in [1.29, 1.82) is 0 Å². The molecule has 0 aromatic heterocycles. The average Bonchev–Trinajstić information content (AvgIpc) is 3.74. The van der Waals surface area contributed by atoms with Crippen LogP contribution in [-0.2, 0) is 28.4 Å². The summed E-state index contributed by atoms with van der Waals surface area (Å²) in [6, 6.07) is 25.7. The standard InChI is InChI=1S/2C28H41Si2.C2H7Si.2ClH.Zr/c2*1-10-11-22-12-13-23-15-21(14-20(2)3)16-27(23)28(22)24-17-25(29(4,5)6)19-26(18-24)30(7,8)9;1-3-2;;;/h2*12-13,15-20H,10-11,14H2,1-9H3;3H,1-2H3;2*1H;/q;;;;;+2/p-2. The Balaban J connectivity index is 1.73. The van der Waals surface area contributed by atoms with Crippen molar-refractivity contribution < 1.29 is 15.6 Å². The first-order valence-electron chi connectivity index (χ1n) is 25.9. The molecule has 8 heteroatoms. The monoisotopic (exact) mass is 1090 g/mol. The number of hydrogen-bond donors (Lipinski definition) is 0. The summed E-state index contributed by atoms with van der Waals surface area (Å²) in [5.41, 5.74) is 17.5. The molecule has 4 aromatic carbocycles. The van der Waals surface area contributed by atoms with E-state index in [1.165, 1.54) is 66.8 Å². The second-order valence-corrected chi connectivity index (χ2v) is 89.0. The van der Waals surface area contributed by atoms with Crippen LogP contribution in [0.15, 0.2) is 71.8 Å². The molecule has 0 heterocycles. The van der Waals surface area contributed by atoms with Crippen LogP contribution in [0.3, 0.4) is 0 Å². The second kappa shape index (κ2) is 19.5. The molecule has 0 saturated carbocycles. The van der Waals surface area contributed by atoms with E-state index in [2.05, 4.69) is 206 Å². The van der Waals surface area contributed by atoms with E-state index in [4.69, 9.17) is 0 Å². The fraction of sp³-hybridized carbons (Fsp3) is 0.517. The van der Waals surface area contributed by atoms with E-state index in [-0.39, 0.29) is 7.25 Å². The molecule has 2 aliphatic carbocycles. The quantitative estimate of drug-likeness (QED) is 0.0925. The molecular weight excluding hydrogens is 999 g/mol. The van der Waals surface area contributed by atoms with Crippen molar-refractivity contribution in [3.8, 4) is 22.3 Å². The Kier molecular flexibility index (Phi) is 16.0. The van der Waals surface area contributed by atoms with Crippen molar-refractivity contribution in [2.45, 2.75) is 179 Å². The van der Waals surface area contributed by atoms with Gasteiger partial charge >= 0.3 is 422 Å². The van der Waals surface area contributed by atoms with Crippen molar-refractivity contribution >= 4 is 88.1 Å². The van der Waals surface area contributed by atoms with Crippen LogP contribution in [0.25, 0.3) is 34.4 Å². The molecule has 66 heavy (non-hydrogen) atoms. The molecule has 359 valence electrons. The Morgan fingerprint density at radius 2 is 0.803 bits per heavy atom. The molecule has 2 atom stereocenters. The summed E-state index contributed by atoms with van der Waals surface area (Å²) in [5, 5.41) is 6.29. The van der Waals surface area contributed by atoms with Crippen LogP contribution in [0.5, 0.6) is 0 Å². The Bertz CT molecular complexity index is 2300. The van der Waals surface area contributed by atoms with E-state index in [0.717, 1.165) is 38.5 Å². The zero-order valence-corrected chi connectivity index (χ0v) is 54.4. The van der Waals surface area contributed by atoms with Gasteiger partial charge in [0.1, 0.15) is 0 Å². The molecule has 0 aliphatic heterocycles. The molecule has 0 N–H and O–H groups in total. The fourth-order valence-electron chi connectivity index (χ4n) is 11.5. The third-order valence-electron chi connectivity index (χ3n) is 15.2. The SMILES string of the molecule is CCCc1ccc2c(c1-c1cc([Si](C)(C)C)cc([Si](C)(C)C)c1)C=C(CC(C)C)[CH]2[Zr]([Cl])([Cl])([CH]1C(CC(C)C)=Cc2c1ccc(CCC)c2-c1cc([Si](C)(C)C)cc([Si](C)(C)C)c1)[SiH](C)C. The van der Waals surface area contributed by atoms with Gasteiger partial charge in [0.2, 0.25) is 0 Å². The van der Waals surface area contributed by atoms with Crippen molar-refractivity contribution in [3.63, 3.8) is 0 Å². The molecule has 0 fully saturated rings. The number of rotatable bonds is 17. The molecular formula is C58H89Cl2Si5Zr. The van der Waals surface area contributed by atoms with Crippen molar-refractivity contribution in [3.05, 3.63) is 105 Å². The van der Waals surface area contributed by atoms with Gasteiger partial charge in [0.05, 0.1) is 0 Å². The van der Waals surface area contributed by atoms with Gasteiger partial charge in [-0.1, -0.05) is 0 Å². The van der Waals surface area contributed by atoms with Crippen LogP contribution in [0.2, 0.25) is 91.7 Å². The van der Waals surface area contributed by atoms with Crippen molar-refractivity contribution in [2.75, 3.05) is 0 Å². The first-order chi connectivity index (χ1) is 30.3. The van der Waals surface area contributed by atoms with E-state index in [1.807, 2.05) is 0 Å². The van der Waals surface area contributed by atoms with Crippen molar-refractivity contribution in [1.82, 2.24) is 0 Å². The Labute approximate surface area is 418 Å². The summed E-state index contributed by atoms with van der Waals surface area (Å²) < 4.78 is 0.146. The zero-order valence-electron chi connectivity index (χ0n) is 45.3. The molecule has 0 spiro atoms. The van der Waals surface area contributed by atoms with Crippen LogP contribution in [-0.4, -0.2) is 38.2 Å². The van der Waals surface area contributed by atoms with Gasteiger partial charge in [0.25, 0.3) is 0 Å². The average molecular weight is 1090 g/mol. The van der Waals surface area contributed by atoms with E-state index in [0.29, 0.717) is 11.8 Å². The number of benzene rings is 4. The van der Waals surface area contributed by atoms with E-state index in [1.54, 1.807) is 20.7 Å². The maximum atomic E-state index is 9.27. The first kappa shape index (κ1) is 54.2. The van der Waals surface area contributed by atoms with Crippen LogP contribution < -0.4 is 20.7 Å². The van der Waals surface area contributed by atoms with Crippen LogP contribution >= 0.6 is 17.0 Å². The number of aryl methyl sites for hydroxylation is 2. The van der Waals surface area contributed by atoms with Crippen LogP contribution in [0.1, 0.15) is 108 Å². The topological polar surface area (TPSA) is 0 Å². The third-order valence-corrected chi connectivity index (χ3v) is 75.1. The molecule has 0 radical (unpaired) electrons. The summed E-state index contributed by atoms with van der Waals surface area (Å²) in [6.07, 6.45) is 11.7. The summed E-state index contributed by atoms with van der Waals surface area (Å²) in [7, 11) is 12.0. The fourth-order valence-corrected chi connectivity index (χ4v) is 47.8. The minimum absolute atomic E-state index is 0.0731. The minimum atomic E-state index is -5.14. The number of halogens is 2. The normalized spacial score (nSPS) is 17.6. The molecule has 0 amide bonds. The summed E-state index contributed by atoms with van der Waals surface area (Å²) in [5.74, 6) is -0.797. The summed E-state index contributed by atoms with van der Waals surface area (Å²) in [6.45, 7) is 49.7.